The number of nitrogens with zero attached hydrogens (tertiary/aromatic N) is 3. The second kappa shape index (κ2) is 11.6. The second-order valence-electron chi connectivity index (χ2n) is 7.77. The van der Waals surface area contributed by atoms with Gasteiger partial charge in [0.2, 0.25) is 5.91 Å². The van der Waals surface area contributed by atoms with Crippen LogP contribution >= 0.6 is 11.8 Å². The Hall–Kier alpha value is -3.78. The fourth-order valence-corrected chi connectivity index (χ4v) is 4.47. The lowest BCUT2D eigenvalue weighted by Crippen LogP contribution is -2.23. The number of thioether (sulfide) groups is 1. The summed E-state index contributed by atoms with van der Waals surface area (Å²) >= 11 is 1.36. The zero-order chi connectivity index (χ0) is 24.6. The second-order valence-corrected chi connectivity index (χ2v) is 9.08. The average Bonchev–Trinajstić information content (AvgIpc) is 3.27. The highest BCUT2D eigenvalue weighted by Gasteiger charge is 2.22. The number of benzene rings is 3. The van der Waals surface area contributed by atoms with Crippen LogP contribution in [0.15, 0.2) is 84.0 Å². The normalized spacial score (nSPS) is 11.6. The highest BCUT2D eigenvalue weighted by atomic mass is 32.2. The summed E-state index contributed by atoms with van der Waals surface area (Å²) in [5.74, 6) is 2.05. The number of hydrogen-bond donors (Lipinski definition) is 1. The number of para-hydroxylation sites is 2. The molecule has 0 saturated heterocycles. The summed E-state index contributed by atoms with van der Waals surface area (Å²) in [6, 6.07) is 25.3. The molecule has 8 heteroatoms. The van der Waals surface area contributed by atoms with Gasteiger partial charge in [-0.25, -0.2) is 0 Å². The van der Waals surface area contributed by atoms with Crippen LogP contribution in [0.5, 0.6) is 11.5 Å². The molecule has 1 amide bonds. The molecule has 35 heavy (non-hydrogen) atoms. The monoisotopic (exact) mass is 488 g/mol. The van der Waals surface area contributed by atoms with E-state index in [1.54, 1.807) is 7.11 Å². The van der Waals surface area contributed by atoms with Crippen molar-refractivity contribution in [3.8, 4) is 17.2 Å². The number of nitrogens with one attached hydrogen (secondary N) is 1. The zero-order valence-corrected chi connectivity index (χ0v) is 20.8. The SMILES string of the molecule is CCOc1ccc(-n2c(Cc3ccccc3)nnc2SC(C)C(=O)Nc2ccccc2OC)cc1. The molecule has 1 heterocycles. The summed E-state index contributed by atoms with van der Waals surface area (Å²) in [4.78, 5) is 13.0. The van der Waals surface area contributed by atoms with E-state index in [0.717, 1.165) is 22.8 Å². The third-order valence-corrected chi connectivity index (χ3v) is 6.37. The number of rotatable bonds is 10. The molecule has 0 aliphatic carbocycles. The van der Waals surface area contributed by atoms with Gasteiger partial charge in [0.05, 0.1) is 24.7 Å². The third kappa shape index (κ3) is 6.02. The van der Waals surface area contributed by atoms with Gasteiger partial charge in [0, 0.05) is 12.1 Å². The summed E-state index contributed by atoms with van der Waals surface area (Å²) in [5.41, 5.74) is 2.67. The molecular formula is C27H28N4O3S. The van der Waals surface area contributed by atoms with Crippen molar-refractivity contribution in [2.45, 2.75) is 30.7 Å². The Labute approximate surface area is 209 Å². The van der Waals surface area contributed by atoms with Gasteiger partial charge in [0.1, 0.15) is 17.3 Å². The maximum atomic E-state index is 13.0. The van der Waals surface area contributed by atoms with E-state index >= 15 is 0 Å². The smallest absolute Gasteiger partial charge is 0.237 e. The standard InChI is InChI=1S/C27H28N4O3S/c1-4-34-22-16-14-21(15-17-22)31-25(18-20-10-6-5-7-11-20)29-30-27(31)35-19(2)26(32)28-23-12-8-9-13-24(23)33-3/h5-17,19H,4,18H2,1-3H3,(H,28,32). The largest absolute Gasteiger partial charge is 0.495 e. The molecule has 0 bridgehead atoms. The predicted molar refractivity (Wildman–Crippen MR) is 139 cm³/mol. The molecule has 3 aromatic carbocycles. The minimum atomic E-state index is -0.421. The van der Waals surface area contributed by atoms with Crippen LogP contribution in [0.4, 0.5) is 5.69 Å². The lowest BCUT2D eigenvalue weighted by atomic mass is 10.1. The summed E-state index contributed by atoms with van der Waals surface area (Å²) in [6.07, 6.45) is 0.614. The van der Waals surface area contributed by atoms with Gasteiger partial charge >= 0.3 is 0 Å². The van der Waals surface area contributed by atoms with Gasteiger partial charge in [0.15, 0.2) is 5.16 Å². The quantitative estimate of drug-likeness (QED) is 0.302. The number of carbonyl (C=O) groups is 1. The summed E-state index contributed by atoms with van der Waals surface area (Å²) in [5, 5.41) is 12.1. The van der Waals surface area contributed by atoms with E-state index in [1.807, 2.05) is 85.1 Å². The highest BCUT2D eigenvalue weighted by Crippen LogP contribution is 2.29. The van der Waals surface area contributed by atoms with Gasteiger partial charge in [-0.2, -0.15) is 0 Å². The first kappa shape index (κ1) is 24.3. The molecule has 0 radical (unpaired) electrons. The van der Waals surface area contributed by atoms with Gasteiger partial charge in [0.25, 0.3) is 0 Å². The first-order valence-electron chi connectivity index (χ1n) is 11.4. The van der Waals surface area contributed by atoms with Crippen LogP contribution in [-0.4, -0.2) is 39.6 Å². The molecule has 4 aromatic rings. The molecule has 0 aliphatic rings. The number of aromatic nitrogens is 3. The highest BCUT2D eigenvalue weighted by molar-refractivity contribution is 8.00. The maximum absolute atomic E-state index is 13.0. The molecule has 1 atom stereocenters. The van der Waals surface area contributed by atoms with Gasteiger partial charge in [-0.05, 0) is 55.8 Å². The van der Waals surface area contributed by atoms with E-state index in [9.17, 15) is 4.79 Å². The topological polar surface area (TPSA) is 78.3 Å². The van der Waals surface area contributed by atoms with Crippen molar-refractivity contribution in [1.29, 1.82) is 0 Å². The summed E-state index contributed by atoms with van der Waals surface area (Å²) in [7, 11) is 1.58. The first-order valence-corrected chi connectivity index (χ1v) is 12.3. The number of ether oxygens (including phenoxy) is 2. The van der Waals surface area contributed by atoms with E-state index in [-0.39, 0.29) is 5.91 Å². The molecular weight excluding hydrogens is 460 g/mol. The molecule has 7 nitrogen and oxygen atoms in total. The van der Waals surface area contributed by atoms with Crippen LogP contribution in [0, 0.1) is 0 Å². The Morgan fingerprint density at radius 2 is 1.71 bits per heavy atom. The van der Waals surface area contributed by atoms with E-state index in [0.29, 0.717) is 29.6 Å². The van der Waals surface area contributed by atoms with Crippen molar-refractivity contribution in [3.05, 3.63) is 90.3 Å². The van der Waals surface area contributed by atoms with Crippen molar-refractivity contribution < 1.29 is 14.3 Å². The van der Waals surface area contributed by atoms with Gasteiger partial charge < -0.3 is 14.8 Å². The molecule has 0 fully saturated rings. The number of hydrogen-bond acceptors (Lipinski definition) is 6. The maximum Gasteiger partial charge on any atom is 0.237 e. The average molecular weight is 489 g/mol. The molecule has 1 unspecified atom stereocenters. The molecule has 0 aliphatic heterocycles. The van der Waals surface area contributed by atoms with Crippen molar-refractivity contribution in [3.63, 3.8) is 0 Å². The Bertz CT molecular complexity index is 1260. The minimum Gasteiger partial charge on any atom is -0.495 e. The van der Waals surface area contributed by atoms with Crippen LogP contribution in [-0.2, 0) is 11.2 Å². The molecule has 180 valence electrons. The van der Waals surface area contributed by atoms with E-state index < -0.39 is 5.25 Å². The molecule has 0 saturated carbocycles. The van der Waals surface area contributed by atoms with Crippen molar-refractivity contribution in [1.82, 2.24) is 14.8 Å². The zero-order valence-electron chi connectivity index (χ0n) is 20.0. The third-order valence-electron chi connectivity index (χ3n) is 5.33. The number of anilines is 1. The van der Waals surface area contributed by atoms with E-state index in [1.165, 1.54) is 11.8 Å². The minimum absolute atomic E-state index is 0.148. The fraction of sp³-hybridized carbons (Fsp3) is 0.222. The molecule has 1 N–H and O–H groups in total. The van der Waals surface area contributed by atoms with Crippen molar-refractivity contribution in [2.24, 2.45) is 0 Å². The first-order chi connectivity index (χ1) is 17.1. The van der Waals surface area contributed by atoms with E-state index in [4.69, 9.17) is 9.47 Å². The molecule has 1 aromatic heterocycles. The Morgan fingerprint density at radius 3 is 2.43 bits per heavy atom. The molecule has 0 spiro atoms. The van der Waals surface area contributed by atoms with Crippen LogP contribution in [0.1, 0.15) is 25.2 Å². The van der Waals surface area contributed by atoms with Crippen molar-refractivity contribution >= 4 is 23.4 Å². The lowest BCUT2D eigenvalue weighted by molar-refractivity contribution is -0.115. The molecule has 4 rings (SSSR count). The Kier molecular flexibility index (Phi) is 8.05. The predicted octanol–water partition coefficient (Wildman–Crippen LogP) is 5.38. The van der Waals surface area contributed by atoms with Crippen LogP contribution in [0.3, 0.4) is 0 Å². The van der Waals surface area contributed by atoms with Crippen LogP contribution in [0.25, 0.3) is 5.69 Å². The Morgan fingerprint density at radius 1 is 1.00 bits per heavy atom. The van der Waals surface area contributed by atoms with Gasteiger partial charge in [-0.1, -0.05) is 54.2 Å². The fourth-order valence-electron chi connectivity index (χ4n) is 3.58. The number of amides is 1. The van der Waals surface area contributed by atoms with Crippen LogP contribution in [0.2, 0.25) is 0 Å². The van der Waals surface area contributed by atoms with Gasteiger partial charge in [-0.3, -0.25) is 9.36 Å². The summed E-state index contributed by atoms with van der Waals surface area (Å²) < 4.78 is 12.9. The summed E-state index contributed by atoms with van der Waals surface area (Å²) in [6.45, 7) is 4.41. The lowest BCUT2D eigenvalue weighted by Gasteiger charge is -2.15. The van der Waals surface area contributed by atoms with Crippen LogP contribution < -0.4 is 14.8 Å². The van der Waals surface area contributed by atoms with Crippen molar-refractivity contribution in [2.75, 3.05) is 19.0 Å². The number of carbonyl (C=O) groups excluding carboxylic acids is 1. The Balaban J connectivity index is 1.60. The van der Waals surface area contributed by atoms with Gasteiger partial charge in [-0.15, -0.1) is 10.2 Å². The van der Waals surface area contributed by atoms with E-state index in [2.05, 4.69) is 27.6 Å². The number of methoxy groups -OCH3 is 1.